The first kappa shape index (κ1) is 20.9. The second-order valence-electron chi connectivity index (χ2n) is 9.58. The molecule has 0 bridgehead atoms. The fraction of sp³-hybridized carbons (Fsp3) is 0. The lowest BCUT2D eigenvalue weighted by molar-refractivity contribution is 1.09. The van der Waals surface area contributed by atoms with E-state index in [1.54, 1.807) is 6.20 Å². The van der Waals surface area contributed by atoms with E-state index in [1.165, 1.54) is 43.5 Å². The van der Waals surface area contributed by atoms with Crippen LogP contribution in [0, 0.1) is 0 Å². The largest absolute Gasteiger partial charge is 0.316 e. The highest BCUT2D eigenvalue weighted by Crippen LogP contribution is 2.40. The average Bonchev–Trinajstić information content (AvgIpc) is 3.58. The first-order valence-corrected chi connectivity index (χ1v) is 12.7. The van der Waals surface area contributed by atoms with Gasteiger partial charge in [-0.25, -0.2) is 4.98 Å². The average molecular weight is 487 g/mol. The van der Waals surface area contributed by atoms with Crippen molar-refractivity contribution in [2.75, 3.05) is 0 Å². The Kier molecular flexibility index (Phi) is 4.49. The molecule has 0 saturated heterocycles. The number of para-hydroxylation sites is 1. The Morgan fingerprint density at radius 2 is 1.32 bits per heavy atom. The van der Waals surface area contributed by atoms with E-state index in [9.17, 15) is 0 Å². The summed E-state index contributed by atoms with van der Waals surface area (Å²) in [6.45, 7) is 0. The molecule has 0 saturated carbocycles. The zero-order valence-corrected chi connectivity index (χ0v) is 20.5. The molecule has 0 unspecified atom stereocenters. The first-order valence-electron chi connectivity index (χ1n) is 12.7. The van der Waals surface area contributed by atoms with Gasteiger partial charge in [-0.15, -0.1) is 0 Å². The second-order valence-corrected chi connectivity index (χ2v) is 9.58. The highest BCUT2D eigenvalue weighted by atomic mass is 15.1. The number of rotatable bonds is 3. The molecule has 8 aromatic rings. The Morgan fingerprint density at radius 3 is 2.13 bits per heavy atom. The van der Waals surface area contributed by atoms with Crippen molar-refractivity contribution in [2.24, 2.45) is 0 Å². The van der Waals surface area contributed by atoms with Crippen LogP contribution < -0.4 is 0 Å². The first-order chi connectivity index (χ1) is 18.9. The maximum Gasteiger partial charge on any atom is 0.137 e. The lowest BCUT2D eigenvalue weighted by atomic mass is 10.1. The van der Waals surface area contributed by atoms with Gasteiger partial charge in [0, 0.05) is 63.1 Å². The van der Waals surface area contributed by atoms with Gasteiger partial charge < -0.3 is 4.57 Å². The van der Waals surface area contributed by atoms with Crippen LogP contribution in [0.1, 0.15) is 0 Å². The number of hydrogen-bond acceptors (Lipinski definition) is 2. The standard InChI is InChI=1S/C34H22N4/c1-2-9-26(10-3-1)37-20-18-30-31(37)16-15-29-28-14-12-23-7-4-5-11-27(23)33(28)38(34(29)30)32-17-13-25(22-36-32)24-8-6-19-35-21-24/h1-22H. The fourth-order valence-corrected chi connectivity index (χ4v) is 5.75. The summed E-state index contributed by atoms with van der Waals surface area (Å²) in [7, 11) is 0. The summed E-state index contributed by atoms with van der Waals surface area (Å²) in [6.07, 6.45) is 7.78. The molecule has 0 amide bonds. The van der Waals surface area contributed by atoms with Gasteiger partial charge in [-0.05, 0) is 47.9 Å². The Balaban J connectivity index is 1.48. The molecular weight excluding hydrogens is 464 g/mol. The topological polar surface area (TPSA) is 35.6 Å². The molecule has 0 aliphatic heterocycles. The van der Waals surface area contributed by atoms with Crippen molar-refractivity contribution in [1.29, 1.82) is 0 Å². The van der Waals surface area contributed by atoms with Gasteiger partial charge in [-0.1, -0.05) is 66.7 Å². The van der Waals surface area contributed by atoms with Crippen molar-refractivity contribution in [2.45, 2.75) is 0 Å². The third kappa shape index (κ3) is 3.04. The smallest absolute Gasteiger partial charge is 0.137 e. The zero-order valence-electron chi connectivity index (χ0n) is 20.5. The van der Waals surface area contributed by atoms with Gasteiger partial charge in [0.15, 0.2) is 0 Å². The van der Waals surface area contributed by atoms with Crippen LogP contribution in [0.2, 0.25) is 0 Å². The van der Waals surface area contributed by atoms with Crippen LogP contribution in [0.25, 0.3) is 66.1 Å². The summed E-state index contributed by atoms with van der Waals surface area (Å²) in [6, 6.07) is 38.6. The van der Waals surface area contributed by atoms with Crippen LogP contribution in [0.4, 0.5) is 0 Å². The number of pyridine rings is 2. The summed E-state index contributed by atoms with van der Waals surface area (Å²) in [5, 5.41) is 6.09. The molecule has 0 radical (unpaired) electrons. The number of benzene rings is 4. The molecule has 4 aromatic heterocycles. The van der Waals surface area contributed by atoms with Crippen LogP contribution in [0.15, 0.2) is 134 Å². The van der Waals surface area contributed by atoms with Crippen molar-refractivity contribution in [3.05, 3.63) is 134 Å². The van der Waals surface area contributed by atoms with E-state index >= 15 is 0 Å². The summed E-state index contributed by atoms with van der Waals surface area (Å²) in [5.74, 6) is 0.897. The maximum atomic E-state index is 5.00. The van der Waals surface area contributed by atoms with Crippen LogP contribution in [-0.4, -0.2) is 19.1 Å². The van der Waals surface area contributed by atoms with E-state index in [1.807, 2.05) is 18.5 Å². The minimum atomic E-state index is 0.897. The molecule has 0 spiro atoms. The van der Waals surface area contributed by atoms with Gasteiger partial charge in [-0.2, -0.15) is 0 Å². The molecule has 0 aliphatic rings. The molecule has 4 heterocycles. The normalized spacial score (nSPS) is 11.7. The zero-order chi connectivity index (χ0) is 25.1. The molecule has 0 N–H and O–H groups in total. The Morgan fingerprint density at radius 1 is 0.526 bits per heavy atom. The lowest BCUT2D eigenvalue weighted by Gasteiger charge is -2.11. The van der Waals surface area contributed by atoms with Gasteiger partial charge in [0.25, 0.3) is 0 Å². The third-order valence-corrected chi connectivity index (χ3v) is 7.49. The summed E-state index contributed by atoms with van der Waals surface area (Å²) < 4.78 is 4.60. The number of aromatic nitrogens is 4. The number of hydrogen-bond donors (Lipinski definition) is 0. The minimum Gasteiger partial charge on any atom is -0.316 e. The lowest BCUT2D eigenvalue weighted by Crippen LogP contribution is -1.98. The summed E-state index contributed by atoms with van der Waals surface area (Å²) >= 11 is 0. The Hall–Kier alpha value is -5.22. The van der Waals surface area contributed by atoms with E-state index < -0.39 is 0 Å². The summed E-state index contributed by atoms with van der Waals surface area (Å²) in [4.78, 5) is 9.28. The molecule has 0 atom stereocenters. The quantitative estimate of drug-likeness (QED) is 0.252. The third-order valence-electron chi connectivity index (χ3n) is 7.49. The predicted molar refractivity (Wildman–Crippen MR) is 156 cm³/mol. The van der Waals surface area contributed by atoms with Crippen LogP contribution in [-0.2, 0) is 0 Å². The highest BCUT2D eigenvalue weighted by molar-refractivity contribution is 6.23. The molecule has 4 nitrogen and oxygen atoms in total. The molecule has 0 aliphatic carbocycles. The highest BCUT2D eigenvalue weighted by Gasteiger charge is 2.19. The molecule has 0 fully saturated rings. The van der Waals surface area contributed by atoms with E-state index in [0.717, 1.165) is 22.6 Å². The van der Waals surface area contributed by atoms with E-state index in [0.29, 0.717) is 0 Å². The second kappa shape index (κ2) is 8.15. The van der Waals surface area contributed by atoms with Crippen molar-refractivity contribution in [3.63, 3.8) is 0 Å². The molecule has 38 heavy (non-hydrogen) atoms. The van der Waals surface area contributed by atoms with Gasteiger partial charge in [0.05, 0.1) is 16.6 Å². The Labute approximate surface area is 219 Å². The van der Waals surface area contributed by atoms with Gasteiger partial charge in [0.1, 0.15) is 5.82 Å². The van der Waals surface area contributed by atoms with Crippen molar-refractivity contribution in [3.8, 4) is 22.6 Å². The van der Waals surface area contributed by atoms with Crippen molar-refractivity contribution >= 4 is 43.5 Å². The number of nitrogens with zero attached hydrogens (tertiary/aromatic N) is 4. The van der Waals surface area contributed by atoms with Crippen molar-refractivity contribution < 1.29 is 0 Å². The number of fused-ring (bicyclic) bond motifs is 7. The van der Waals surface area contributed by atoms with Crippen LogP contribution in [0.3, 0.4) is 0 Å². The van der Waals surface area contributed by atoms with E-state index in [-0.39, 0.29) is 0 Å². The molecule has 4 aromatic carbocycles. The van der Waals surface area contributed by atoms with Gasteiger partial charge in [-0.3, -0.25) is 9.55 Å². The predicted octanol–water partition coefficient (Wildman–Crippen LogP) is 8.34. The van der Waals surface area contributed by atoms with Crippen LogP contribution in [0.5, 0.6) is 0 Å². The maximum absolute atomic E-state index is 5.00. The SMILES string of the molecule is c1ccc(-n2ccc3c2ccc2c4ccc5ccccc5c4n(-c4ccc(-c5cccnc5)cn4)c23)cc1. The molecule has 178 valence electrons. The molecular formula is C34H22N4. The Bertz CT molecular complexity index is 2100. The van der Waals surface area contributed by atoms with Gasteiger partial charge in [0.2, 0.25) is 0 Å². The molecule has 8 rings (SSSR count). The van der Waals surface area contributed by atoms with E-state index in [2.05, 4.69) is 123 Å². The monoisotopic (exact) mass is 486 g/mol. The van der Waals surface area contributed by atoms with Crippen LogP contribution >= 0.6 is 0 Å². The molecule has 4 heteroatoms. The van der Waals surface area contributed by atoms with Gasteiger partial charge >= 0.3 is 0 Å². The van der Waals surface area contributed by atoms with E-state index in [4.69, 9.17) is 4.98 Å². The minimum absolute atomic E-state index is 0.897. The van der Waals surface area contributed by atoms with Crippen molar-refractivity contribution in [1.82, 2.24) is 19.1 Å². The fourth-order valence-electron chi connectivity index (χ4n) is 5.75. The summed E-state index contributed by atoms with van der Waals surface area (Å²) in [5.41, 5.74) is 6.78.